The second kappa shape index (κ2) is 3.48. The predicted molar refractivity (Wildman–Crippen MR) is 68.2 cm³/mol. The molecule has 0 amide bonds. The molecule has 1 heterocycles. The highest BCUT2D eigenvalue weighted by atomic mass is 35.5. The first-order valence-electron chi connectivity index (χ1n) is 6.11. The molecule has 3 unspecified atom stereocenters. The summed E-state index contributed by atoms with van der Waals surface area (Å²) in [7, 11) is 0. The molecule has 1 nitrogen and oxygen atoms in total. The molecule has 3 rings (SSSR count). The van der Waals surface area contributed by atoms with Gasteiger partial charge in [0.05, 0.1) is 0 Å². The summed E-state index contributed by atoms with van der Waals surface area (Å²) in [5, 5.41) is 4.50. The molecule has 3 atom stereocenters. The molecule has 0 spiro atoms. The maximum atomic E-state index is 6.35. The van der Waals surface area contributed by atoms with Crippen LogP contribution < -0.4 is 5.32 Å². The van der Waals surface area contributed by atoms with E-state index < -0.39 is 0 Å². The lowest BCUT2D eigenvalue weighted by Crippen LogP contribution is -2.32. The first-order chi connectivity index (χ1) is 7.62. The average molecular weight is 236 g/mol. The first kappa shape index (κ1) is 10.6. The lowest BCUT2D eigenvalue weighted by atomic mass is 9.63. The highest BCUT2D eigenvalue weighted by Gasteiger charge is 2.45. The Balaban J connectivity index is 2.18. The molecule has 1 aromatic rings. The second-order valence-electron chi connectivity index (χ2n) is 5.69. The van der Waals surface area contributed by atoms with Gasteiger partial charge in [-0.1, -0.05) is 37.6 Å². The van der Waals surface area contributed by atoms with Crippen LogP contribution >= 0.6 is 11.6 Å². The highest BCUT2D eigenvalue weighted by molar-refractivity contribution is 6.31. The summed E-state index contributed by atoms with van der Waals surface area (Å²) in [6.07, 6.45) is 1.25. The molecule has 16 heavy (non-hydrogen) atoms. The van der Waals surface area contributed by atoms with Crippen LogP contribution in [0.1, 0.15) is 43.2 Å². The van der Waals surface area contributed by atoms with Gasteiger partial charge in [-0.15, -0.1) is 0 Å². The van der Waals surface area contributed by atoms with Crippen molar-refractivity contribution in [3.8, 4) is 0 Å². The van der Waals surface area contributed by atoms with Crippen molar-refractivity contribution in [2.24, 2.45) is 5.41 Å². The Morgan fingerprint density at radius 1 is 1.44 bits per heavy atom. The second-order valence-corrected chi connectivity index (χ2v) is 6.09. The Labute approximate surface area is 102 Å². The monoisotopic (exact) mass is 235 g/mol. The van der Waals surface area contributed by atoms with E-state index in [-0.39, 0.29) is 0 Å². The Bertz CT molecular complexity index is 429. The minimum atomic E-state index is 0.428. The van der Waals surface area contributed by atoms with E-state index in [1.54, 1.807) is 0 Å². The molecule has 1 aromatic carbocycles. The van der Waals surface area contributed by atoms with Crippen molar-refractivity contribution in [1.82, 2.24) is 5.32 Å². The van der Waals surface area contributed by atoms with Crippen molar-refractivity contribution in [3.63, 3.8) is 0 Å². The molecule has 1 fully saturated rings. The van der Waals surface area contributed by atoms with Crippen molar-refractivity contribution in [3.05, 3.63) is 34.3 Å². The van der Waals surface area contributed by atoms with E-state index in [1.807, 2.05) is 6.07 Å². The molecular weight excluding hydrogens is 218 g/mol. The van der Waals surface area contributed by atoms with Gasteiger partial charge in [0.25, 0.3) is 0 Å². The molecule has 2 heteroatoms. The zero-order valence-electron chi connectivity index (χ0n) is 9.89. The Hall–Kier alpha value is -0.530. The van der Waals surface area contributed by atoms with Gasteiger partial charge < -0.3 is 5.32 Å². The van der Waals surface area contributed by atoms with E-state index in [4.69, 9.17) is 11.6 Å². The Morgan fingerprint density at radius 2 is 2.25 bits per heavy atom. The van der Waals surface area contributed by atoms with E-state index in [9.17, 15) is 0 Å². The lowest BCUT2D eigenvalue weighted by molar-refractivity contribution is 0.254. The first-order valence-corrected chi connectivity index (χ1v) is 6.49. The molecule has 86 valence electrons. The summed E-state index contributed by atoms with van der Waals surface area (Å²) in [5.74, 6) is 1.24. The van der Waals surface area contributed by atoms with Gasteiger partial charge in [-0.2, -0.15) is 0 Å². The van der Waals surface area contributed by atoms with E-state index in [0.717, 1.165) is 18.1 Å². The quantitative estimate of drug-likeness (QED) is 0.725. The van der Waals surface area contributed by atoms with E-state index >= 15 is 0 Å². The van der Waals surface area contributed by atoms with Crippen molar-refractivity contribution in [2.45, 2.75) is 32.1 Å². The van der Waals surface area contributed by atoms with Crippen molar-refractivity contribution < 1.29 is 0 Å². The fraction of sp³-hybridized carbons (Fsp3) is 0.571. The van der Waals surface area contributed by atoms with Gasteiger partial charge in [-0.05, 0) is 34.9 Å². The maximum Gasteiger partial charge on any atom is 0.0443 e. The topological polar surface area (TPSA) is 12.0 Å². The van der Waals surface area contributed by atoms with Crippen LogP contribution in [0.5, 0.6) is 0 Å². The number of hydrogen-bond acceptors (Lipinski definition) is 1. The van der Waals surface area contributed by atoms with Crippen LogP contribution in [-0.4, -0.2) is 13.1 Å². The average Bonchev–Trinajstić information content (AvgIpc) is 2.59. The van der Waals surface area contributed by atoms with E-state index in [1.165, 1.54) is 17.5 Å². The molecule has 1 N–H and O–H groups in total. The van der Waals surface area contributed by atoms with Gasteiger partial charge in [0.2, 0.25) is 0 Å². The van der Waals surface area contributed by atoms with Crippen LogP contribution in [0.3, 0.4) is 0 Å². The zero-order valence-corrected chi connectivity index (χ0v) is 10.6. The maximum absolute atomic E-state index is 6.35. The Morgan fingerprint density at radius 3 is 3.06 bits per heavy atom. The van der Waals surface area contributed by atoms with Crippen molar-refractivity contribution >= 4 is 11.6 Å². The van der Waals surface area contributed by atoms with Crippen LogP contribution in [0.2, 0.25) is 5.02 Å². The van der Waals surface area contributed by atoms with Crippen LogP contribution in [0.25, 0.3) is 0 Å². The third-order valence-corrected chi connectivity index (χ3v) is 4.78. The minimum absolute atomic E-state index is 0.428. The van der Waals surface area contributed by atoms with Gasteiger partial charge in [0.15, 0.2) is 0 Å². The fourth-order valence-corrected chi connectivity index (χ4v) is 4.12. The molecule has 0 radical (unpaired) electrons. The van der Waals surface area contributed by atoms with Gasteiger partial charge in [-0.25, -0.2) is 0 Å². The molecule has 1 aliphatic carbocycles. The van der Waals surface area contributed by atoms with Crippen LogP contribution in [0.15, 0.2) is 18.2 Å². The molecular formula is C14H18ClN. The van der Waals surface area contributed by atoms with Gasteiger partial charge >= 0.3 is 0 Å². The van der Waals surface area contributed by atoms with Gasteiger partial charge in [-0.3, -0.25) is 0 Å². The molecule has 0 aromatic heterocycles. The molecule has 2 aliphatic rings. The summed E-state index contributed by atoms with van der Waals surface area (Å²) in [4.78, 5) is 0. The SMILES string of the molecule is CC1CC2(C)CNCC2c2cccc(Cl)c21. The third kappa shape index (κ3) is 1.34. The largest absolute Gasteiger partial charge is 0.316 e. The molecule has 0 bridgehead atoms. The standard InChI is InChI=1S/C14H18ClN/c1-9-6-14(2)8-16-7-11(14)10-4-3-5-12(15)13(9)10/h3-5,9,11,16H,6-8H2,1-2H3. The third-order valence-electron chi connectivity index (χ3n) is 4.45. The number of nitrogens with one attached hydrogen (secondary N) is 1. The number of halogens is 1. The number of rotatable bonds is 0. The highest BCUT2D eigenvalue weighted by Crippen LogP contribution is 2.53. The summed E-state index contributed by atoms with van der Waals surface area (Å²) in [5.41, 5.74) is 3.31. The van der Waals surface area contributed by atoms with Gasteiger partial charge in [0, 0.05) is 24.0 Å². The summed E-state index contributed by atoms with van der Waals surface area (Å²) in [6.45, 7) is 6.98. The number of benzene rings is 1. The van der Waals surface area contributed by atoms with Crippen LogP contribution in [0, 0.1) is 5.41 Å². The number of hydrogen-bond donors (Lipinski definition) is 1. The summed E-state index contributed by atoms with van der Waals surface area (Å²) < 4.78 is 0. The smallest absolute Gasteiger partial charge is 0.0443 e. The summed E-state index contributed by atoms with van der Waals surface area (Å²) >= 11 is 6.35. The van der Waals surface area contributed by atoms with Crippen LogP contribution in [-0.2, 0) is 0 Å². The van der Waals surface area contributed by atoms with Crippen molar-refractivity contribution in [2.75, 3.05) is 13.1 Å². The minimum Gasteiger partial charge on any atom is -0.316 e. The zero-order chi connectivity index (χ0) is 11.3. The van der Waals surface area contributed by atoms with Gasteiger partial charge in [0.1, 0.15) is 0 Å². The summed E-state index contributed by atoms with van der Waals surface area (Å²) in [6, 6.07) is 6.40. The van der Waals surface area contributed by atoms with Crippen LogP contribution in [0.4, 0.5) is 0 Å². The molecule has 1 aliphatic heterocycles. The predicted octanol–water partition coefficient (Wildman–Crippen LogP) is 3.54. The molecule has 0 saturated carbocycles. The number of fused-ring (bicyclic) bond motifs is 3. The fourth-order valence-electron chi connectivity index (χ4n) is 3.75. The van der Waals surface area contributed by atoms with E-state index in [0.29, 0.717) is 17.3 Å². The molecule has 1 saturated heterocycles. The normalized spacial score (nSPS) is 36.9. The van der Waals surface area contributed by atoms with Crippen molar-refractivity contribution in [1.29, 1.82) is 0 Å². The van der Waals surface area contributed by atoms with E-state index in [2.05, 4.69) is 31.3 Å². The lowest BCUT2D eigenvalue weighted by Gasteiger charge is -2.40. The Kier molecular flexibility index (Phi) is 2.31.